The summed E-state index contributed by atoms with van der Waals surface area (Å²) in [5.41, 5.74) is -0.928. The summed E-state index contributed by atoms with van der Waals surface area (Å²) in [5.74, 6) is -0.131. The van der Waals surface area contributed by atoms with Crippen LogP contribution in [0.3, 0.4) is 0 Å². The average molecular weight is 246 g/mol. The third-order valence-electron chi connectivity index (χ3n) is 3.02. The summed E-state index contributed by atoms with van der Waals surface area (Å²) >= 11 is 0. The number of hydrogen-bond donors (Lipinski definition) is 3. The van der Waals surface area contributed by atoms with E-state index in [-0.39, 0.29) is 25.1 Å². The highest BCUT2D eigenvalue weighted by molar-refractivity contribution is 5.78. The van der Waals surface area contributed by atoms with Gasteiger partial charge in [0.1, 0.15) is 5.60 Å². The molecule has 3 N–H and O–H groups in total. The largest absolute Gasteiger partial charge is 0.385 e. The summed E-state index contributed by atoms with van der Waals surface area (Å²) < 4.78 is 10.1. The van der Waals surface area contributed by atoms with Crippen molar-refractivity contribution in [3.63, 3.8) is 0 Å². The van der Waals surface area contributed by atoms with E-state index in [0.29, 0.717) is 26.2 Å². The Kier molecular flexibility index (Phi) is 5.84. The molecule has 1 saturated heterocycles. The number of methoxy groups -OCH3 is 1. The molecule has 0 radical (unpaired) electrons. The number of carbonyl (C=O) groups excluding carboxylic acids is 1. The van der Waals surface area contributed by atoms with Gasteiger partial charge in [0.2, 0.25) is 5.91 Å². The van der Waals surface area contributed by atoms with E-state index in [1.54, 1.807) is 7.11 Å². The Morgan fingerprint density at radius 1 is 1.65 bits per heavy atom. The van der Waals surface area contributed by atoms with Gasteiger partial charge < -0.3 is 25.2 Å². The van der Waals surface area contributed by atoms with Crippen LogP contribution in [-0.4, -0.2) is 62.7 Å². The molecule has 1 amide bonds. The Morgan fingerprint density at radius 3 is 3.00 bits per heavy atom. The monoisotopic (exact) mass is 246 g/mol. The van der Waals surface area contributed by atoms with Gasteiger partial charge in [0, 0.05) is 33.2 Å². The summed E-state index contributed by atoms with van der Waals surface area (Å²) in [4.78, 5) is 11.4. The van der Waals surface area contributed by atoms with Gasteiger partial charge in [0.05, 0.1) is 19.3 Å². The number of amides is 1. The normalized spacial score (nSPS) is 28.3. The van der Waals surface area contributed by atoms with Gasteiger partial charge in [-0.2, -0.15) is 0 Å². The first-order valence-corrected chi connectivity index (χ1v) is 5.89. The van der Waals surface area contributed by atoms with E-state index >= 15 is 0 Å². The van der Waals surface area contributed by atoms with Gasteiger partial charge in [-0.1, -0.05) is 0 Å². The van der Waals surface area contributed by atoms with Crippen molar-refractivity contribution in [1.82, 2.24) is 10.6 Å². The minimum absolute atomic E-state index is 0.131. The summed E-state index contributed by atoms with van der Waals surface area (Å²) in [6.07, 6.45) is 0.329. The van der Waals surface area contributed by atoms with E-state index in [1.165, 1.54) is 0 Å². The lowest BCUT2D eigenvalue weighted by molar-refractivity contribution is -0.122. The van der Waals surface area contributed by atoms with Crippen LogP contribution in [0, 0.1) is 0 Å². The van der Waals surface area contributed by atoms with Crippen LogP contribution >= 0.6 is 0 Å². The summed E-state index contributed by atoms with van der Waals surface area (Å²) in [5, 5.41) is 15.8. The lowest BCUT2D eigenvalue weighted by Crippen LogP contribution is -2.49. The second-order valence-corrected chi connectivity index (χ2v) is 4.31. The fraction of sp³-hybridized carbons (Fsp3) is 0.909. The third-order valence-corrected chi connectivity index (χ3v) is 3.02. The van der Waals surface area contributed by atoms with E-state index in [1.807, 2.05) is 6.92 Å². The minimum atomic E-state index is -0.928. The smallest absolute Gasteiger partial charge is 0.234 e. The van der Waals surface area contributed by atoms with E-state index in [9.17, 15) is 9.90 Å². The quantitative estimate of drug-likeness (QED) is 0.496. The predicted octanol–water partition coefficient (Wildman–Crippen LogP) is -1.12. The molecule has 2 unspecified atom stereocenters. The molecule has 0 saturated carbocycles. The minimum Gasteiger partial charge on any atom is -0.385 e. The first kappa shape index (κ1) is 14.4. The van der Waals surface area contributed by atoms with Crippen LogP contribution in [0.25, 0.3) is 0 Å². The van der Waals surface area contributed by atoms with Gasteiger partial charge >= 0.3 is 0 Å². The van der Waals surface area contributed by atoms with Crippen molar-refractivity contribution in [1.29, 1.82) is 0 Å². The molecule has 1 aliphatic heterocycles. The zero-order valence-corrected chi connectivity index (χ0v) is 10.5. The number of rotatable bonds is 7. The molecule has 0 aromatic rings. The number of hydrogen-bond acceptors (Lipinski definition) is 5. The lowest BCUT2D eigenvalue weighted by Gasteiger charge is -2.26. The second-order valence-electron chi connectivity index (χ2n) is 4.31. The molecular weight excluding hydrogens is 224 g/mol. The fourth-order valence-electron chi connectivity index (χ4n) is 1.69. The van der Waals surface area contributed by atoms with Crippen molar-refractivity contribution in [3.8, 4) is 0 Å². The third kappa shape index (κ3) is 4.59. The van der Waals surface area contributed by atoms with Crippen LogP contribution < -0.4 is 10.6 Å². The van der Waals surface area contributed by atoms with Gasteiger partial charge in [0.25, 0.3) is 0 Å². The van der Waals surface area contributed by atoms with E-state index in [4.69, 9.17) is 9.47 Å². The molecule has 1 aliphatic rings. The Labute approximate surface area is 102 Å². The van der Waals surface area contributed by atoms with Gasteiger partial charge in [-0.25, -0.2) is 0 Å². The van der Waals surface area contributed by atoms with Gasteiger partial charge in [0.15, 0.2) is 0 Å². The molecule has 1 fully saturated rings. The highest BCUT2D eigenvalue weighted by Crippen LogP contribution is 2.24. The van der Waals surface area contributed by atoms with Crippen LogP contribution in [0.2, 0.25) is 0 Å². The van der Waals surface area contributed by atoms with Gasteiger partial charge in [-0.3, -0.25) is 4.79 Å². The van der Waals surface area contributed by atoms with Gasteiger partial charge in [-0.15, -0.1) is 0 Å². The van der Waals surface area contributed by atoms with Crippen LogP contribution in [0.1, 0.15) is 13.3 Å². The molecule has 2 atom stereocenters. The first-order chi connectivity index (χ1) is 8.08. The van der Waals surface area contributed by atoms with Crippen molar-refractivity contribution in [2.75, 3.05) is 40.0 Å². The summed E-state index contributed by atoms with van der Waals surface area (Å²) in [7, 11) is 1.61. The number of aliphatic hydroxyl groups is 1. The zero-order valence-electron chi connectivity index (χ0n) is 10.5. The van der Waals surface area contributed by atoms with E-state index in [0.717, 1.165) is 0 Å². The molecule has 0 aliphatic carbocycles. The van der Waals surface area contributed by atoms with Crippen LogP contribution in [0.15, 0.2) is 0 Å². The standard InChI is InChI=1S/C11H22N2O4/c1-9-11(15,3-5-17-9)8-13-10(14)7-12-4-6-16-2/h9,12,15H,3-8H2,1-2H3,(H,13,14). The van der Waals surface area contributed by atoms with Crippen molar-refractivity contribution in [2.24, 2.45) is 0 Å². The predicted molar refractivity (Wildman–Crippen MR) is 62.7 cm³/mol. The molecule has 0 spiro atoms. The maximum absolute atomic E-state index is 11.4. The van der Waals surface area contributed by atoms with Crippen molar-refractivity contribution in [2.45, 2.75) is 25.0 Å². The maximum atomic E-state index is 11.4. The Morgan fingerprint density at radius 2 is 2.41 bits per heavy atom. The highest BCUT2D eigenvalue weighted by atomic mass is 16.5. The number of ether oxygens (including phenoxy) is 2. The van der Waals surface area contributed by atoms with Crippen LogP contribution in [0.5, 0.6) is 0 Å². The molecule has 6 nitrogen and oxygen atoms in total. The molecule has 100 valence electrons. The molecule has 0 aromatic heterocycles. The Bertz CT molecular complexity index is 250. The number of carbonyl (C=O) groups is 1. The van der Waals surface area contributed by atoms with Crippen LogP contribution in [0.4, 0.5) is 0 Å². The second kappa shape index (κ2) is 6.90. The molecular formula is C11H22N2O4. The van der Waals surface area contributed by atoms with Crippen molar-refractivity contribution < 1.29 is 19.4 Å². The molecule has 0 bridgehead atoms. The molecule has 1 heterocycles. The molecule has 0 aromatic carbocycles. The lowest BCUT2D eigenvalue weighted by atomic mass is 9.97. The highest BCUT2D eigenvalue weighted by Gasteiger charge is 2.39. The van der Waals surface area contributed by atoms with Gasteiger partial charge in [-0.05, 0) is 6.92 Å². The fourth-order valence-corrected chi connectivity index (χ4v) is 1.69. The van der Waals surface area contributed by atoms with Crippen molar-refractivity contribution >= 4 is 5.91 Å². The summed E-state index contributed by atoms with van der Waals surface area (Å²) in [6.45, 7) is 4.03. The average Bonchev–Trinajstić information content (AvgIpc) is 2.63. The maximum Gasteiger partial charge on any atom is 0.234 e. The van der Waals surface area contributed by atoms with Crippen LogP contribution in [-0.2, 0) is 14.3 Å². The van der Waals surface area contributed by atoms with E-state index < -0.39 is 5.60 Å². The molecule has 1 rings (SSSR count). The van der Waals surface area contributed by atoms with Crippen molar-refractivity contribution in [3.05, 3.63) is 0 Å². The molecule has 17 heavy (non-hydrogen) atoms. The topological polar surface area (TPSA) is 79.8 Å². The Hall–Kier alpha value is -0.690. The first-order valence-electron chi connectivity index (χ1n) is 5.89. The summed E-state index contributed by atoms with van der Waals surface area (Å²) in [6, 6.07) is 0. The molecule has 6 heteroatoms. The zero-order chi connectivity index (χ0) is 12.7. The number of nitrogens with one attached hydrogen (secondary N) is 2. The SMILES string of the molecule is COCCNCC(=O)NCC1(O)CCOC1C. The van der Waals surface area contributed by atoms with E-state index in [2.05, 4.69) is 10.6 Å². The Balaban J connectivity index is 2.15.